The van der Waals surface area contributed by atoms with E-state index in [9.17, 15) is 19.4 Å². The summed E-state index contributed by atoms with van der Waals surface area (Å²) in [6.45, 7) is 1.99. The molecular weight excluding hydrogens is 441 g/mol. The smallest absolute Gasteiger partial charge is 0.411 e. The molecule has 2 aromatic carbocycles. The molecule has 0 spiro atoms. The third kappa shape index (κ3) is 4.79. The molecule has 1 fully saturated rings. The predicted molar refractivity (Wildman–Crippen MR) is 111 cm³/mol. The Balaban J connectivity index is 1.87. The molecule has 2 N–H and O–H groups in total. The van der Waals surface area contributed by atoms with Gasteiger partial charge in [-0.3, -0.25) is 0 Å². The number of benzene rings is 2. The molecule has 1 saturated heterocycles. The van der Waals surface area contributed by atoms with Gasteiger partial charge in [0.25, 0.3) is 0 Å². The van der Waals surface area contributed by atoms with Crippen molar-refractivity contribution in [2.24, 2.45) is 0 Å². The van der Waals surface area contributed by atoms with E-state index in [1.165, 1.54) is 12.1 Å². The number of amides is 1. The summed E-state index contributed by atoms with van der Waals surface area (Å²) in [6.07, 6.45) is -0.342. The molecule has 0 unspecified atom stereocenters. The zero-order chi connectivity index (χ0) is 21.0. The van der Waals surface area contributed by atoms with Crippen LogP contribution in [0.15, 0.2) is 53.0 Å². The van der Waals surface area contributed by atoms with E-state index in [-0.39, 0.29) is 12.5 Å². The number of aliphatic hydroxyl groups is 2. The minimum atomic E-state index is -1.11. The van der Waals surface area contributed by atoms with Crippen molar-refractivity contribution in [2.75, 3.05) is 13.2 Å². The first kappa shape index (κ1) is 21.7. The van der Waals surface area contributed by atoms with Crippen molar-refractivity contribution in [1.82, 2.24) is 4.90 Å². The van der Waals surface area contributed by atoms with Gasteiger partial charge in [-0.15, -0.1) is 0 Å². The average Bonchev–Trinajstić information content (AvgIpc) is 2.71. The highest BCUT2D eigenvalue weighted by Gasteiger charge is 2.45. The molecule has 0 aromatic heterocycles. The Morgan fingerprint density at radius 2 is 1.86 bits per heavy atom. The number of hydrogen-bond acceptors (Lipinski definition) is 4. The summed E-state index contributed by atoms with van der Waals surface area (Å²) in [5.74, 6) is -0.392. The number of hydrogen-bond donors (Lipinski definition) is 2. The Bertz CT molecular complexity index is 830. The van der Waals surface area contributed by atoms with E-state index in [1.54, 1.807) is 17.0 Å². The van der Waals surface area contributed by atoms with Crippen LogP contribution in [0.2, 0.25) is 0 Å². The van der Waals surface area contributed by atoms with Gasteiger partial charge in [0.15, 0.2) is 0 Å². The van der Waals surface area contributed by atoms with Crippen molar-refractivity contribution >= 4 is 22.0 Å². The molecule has 5 nitrogen and oxygen atoms in total. The number of aliphatic hydroxyl groups excluding tert-OH is 2. The highest BCUT2D eigenvalue weighted by molar-refractivity contribution is 9.10. The zero-order valence-corrected chi connectivity index (χ0v) is 17.8. The minimum absolute atomic E-state index is 0.0454. The zero-order valence-electron chi connectivity index (χ0n) is 16.2. The number of cyclic esters (lactones) is 1. The maximum atomic E-state index is 13.4. The van der Waals surface area contributed by atoms with Crippen molar-refractivity contribution < 1.29 is 24.1 Å². The average molecular weight is 466 g/mol. The summed E-state index contributed by atoms with van der Waals surface area (Å²) < 4.78 is 20.3. The predicted octanol–water partition coefficient (Wildman–Crippen LogP) is 4.52. The number of carbonyl (C=O) groups excluding carboxylic acids is 1. The molecule has 1 heterocycles. The Kier molecular flexibility index (Phi) is 6.93. The molecule has 0 bridgehead atoms. The Morgan fingerprint density at radius 1 is 1.21 bits per heavy atom. The third-order valence-corrected chi connectivity index (χ3v) is 5.97. The normalized spacial score (nSPS) is 21.6. The summed E-state index contributed by atoms with van der Waals surface area (Å²) in [5.41, 5.74) is 0.509. The van der Waals surface area contributed by atoms with E-state index >= 15 is 0 Å². The molecule has 7 heteroatoms. The van der Waals surface area contributed by atoms with Gasteiger partial charge in [0.1, 0.15) is 11.4 Å². The van der Waals surface area contributed by atoms with E-state index in [1.807, 2.05) is 31.2 Å². The molecule has 0 saturated carbocycles. The van der Waals surface area contributed by atoms with Crippen molar-refractivity contribution in [2.45, 2.75) is 43.9 Å². The van der Waals surface area contributed by atoms with Crippen molar-refractivity contribution in [3.63, 3.8) is 0 Å². The maximum Gasteiger partial charge on any atom is 0.411 e. The van der Waals surface area contributed by atoms with Crippen LogP contribution in [0.1, 0.15) is 43.4 Å². The topological polar surface area (TPSA) is 70.0 Å². The molecule has 3 atom stereocenters. The first-order valence-electron chi connectivity index (χ1n) is 9.68. The summed E-state index contributed by atoms with van der Waals surface area (Å²) in [6, 6.07) is 13.4. The SMILES string of the molecule is CC[C@@H](c1ccc(Br)cc1)N1CC[C@](C[C@@H](O)CO)(c2ccc(F)cc2)OC1=O. The van der Waals surface area contributed by atoms with Crippen molar-refractivity contribution in [3.8, 4) is 0 Å². The number of nitrogens with zero attached hydrogens (tertiary/aromatic N) is 1. The number of carbonyl (C=O) groups is 1. The van der Waals surface area contributed by atoms with E-state index in [0.29, 0.717) is 18.5 Å². The van der Waals surface area contributed by atoms with Crippen LogP contribution in [0.5, 0.6) is 0 Å². The molecule has 1 aliphatic heterocycles. The van der Waals surface area contributed by atoms with Gasteiger partial charge in [-0.25, -0.2) is 9.18 Å². The highest BCUT2D eigenvalue weighted by Crippen LogP contribution is 2.41. The number of ether oxygens (including phenoxy) is 1. The van der Waals surface area contributed by atoms with Gasteiger partial charge in [-0.1, -0.05) is 47.1 Å². The fourth-order valence-electron chi connectivity index (χ4n) is 3.94. The first-order valence-corrected chi connectivity index (χ1v) is 10.5. The van der Waals surface area contributed by atoms with Crippen LogP contribution in [0.3, 0.4) is 0 Å². The second-order valence-electron chi connectivity index (χ2n) is 7.33. The van der Waals surface area contributed by atoms with Crippen LogP contribution in [-0.4, -0.2) is 40.5 Å². The van der Waals surface area contributed by atoms with Gasteiger partial charge in [-0.05, 0) is 41.8 Å². The quantitative estimate of drug-likeness (QED) is 0.630. The summed E-state index contributed by atoms with van der Waals surface area (Å²) in [4.78, 5) is 14.7. The third-order valence-electron chi connectivity index (χ3n) is 5.44. The fourth-order valence-corrected chi connectivity index (χ4v) is 4.20. The maximum absolute atomic E-state index is 13.4. The molecule has 3 rings (SSSR count). The molecule has 0 radical (unpaired) electrons. The fraction of sp³-hybridized carbons (Fsp3) is 0.409. The van der Waals surface area contributed by atoms with Crippen LogP contribution in [0.4, 0.5) is 9.18 Å². The summed E-state index contributed by atoms with van der Waals surface area (Å²) >= 11 is 3.42. The van der Waals surface area contributed by atoms with Crippen LogP contribution in [0.25, 0.3) is 0 Å². The molecule has 1 aliphatic rings. The Labute approximate surface area is 178 Å². The van der Waals surface area contributed by atoms with Gasteiger partial charge < -0.3 is 19.8 Å². The molecule has 29 heavy (non-hydrogen) atoms. The Morgan fingerprint density at radius 3 is 2.41 bits per heavy atom. The first-order chi connectivity index (χ1) is 13.9. The standard InChI is InChI=1S/C22H25BrFNO4/c1-2-20(15-3-7-17(23)8-4-15)25-12-11-22(29-21(25)28,13-19(27)14-26)16-5-9-18(24)10-6-16/h3-10,19-20,26-27H,2,11-14H2,1H3/t19-,20+,22+/m1/s1. The lowest BCUT2D eigenvalue weighted by Gasteiger charge is -2.44. The molecule has 0 aliphatic carbocycles. The minimum Gasteiger partial charge on any atom is -0.438 e. The number of halogens is 2. The molecule has 156 valence electrons. The van der Waals surface area contributed by atoms with Gasteiger partial charge >= 0.3 is 6.09 Å². The second kappa shape index (κ2) is 9.24. The van der Waals surface area contributed by atoms with E-state index in [2.05, 4.69) is 15.9 Å². The van der Waals surface area contributed by atoms with Crippen molar-refractivity contribution in [3.05, 3.63) is 69.9 Å². The molecule has 2 aromatic rings. The lowest BCUT2D eigenvalue weighted by atomic mass is 9.83. The number of rotatable bonds is 7. The molecular formula is C22H25BrFNO4. The van der Waals surface area contributed by atoms with Gasteiger partial charge in [0, 0.05) is 23.9 Å². The summed E-state index contributed by atoms with van der Waals surface area (Å²) in [7, 11) is 0. The van der Waals surface area contributed by atoms with Crippen LogP contribution in [-0.2, 0) is 10.3 Å². The van der Waals surface area contributed by atoms with E-state index < -0.39 is 30.2 Å². The van der Waals surface area contributed by atoms with Crippen LogP contribution < -0.4 is 0 Å². The van der Waals surface area contributed by atoms with Gasteiger partial charge in [0.2, 0.25) is 0 Å². The van der Waals surface area contributed by atoms with Crippen LogP contribution in [0, 0.1) is 5.82 Å². The monoisotopic (exact) mass is 465 g/mol. The van der Waals surface area contributed by atoms with E-state index in [4.69, 9.17) is 4.74 Å². The van der Waals surface area contributed by atoms with Gasteiger partial charge in [0.05, 0.1) is 18.8 Å². The Hall–Kier alpha value is -1.96. The van der Waals surface area contributed by atoms with Gasteiger partial charge in [-0.2, -0.15) is 0 Å². The lowest BCUT2D eigenvalue weighted by molar-refractivity contribution is -0.0905. The van der Waals surface area contributed by atoms with Crippen LogP contribution >= 0.6 is 15.9 Å². The second-order valence-corrected chi connectivity index (χ2v) is 8.24. The van der Waals surface area contributed by atoms with E-state index in [0.717, 1.165) is 16.5 Å². The molecule has 1 amide bonds. The highest BCUT2D eigenvalue weighted by atomic mass is 79.9. The largest absolute Gasteiger partial charge is 0.438 e. The van der Waals surface area contributed by atoms with Crippen molar-refractivity contribution in [1.29, 1.82) is 0 Å². The lowest BCUT2D eigenvalue weighted by Crippen LogP contribution is -2.50. The summed E-state index contributed by atoms with van der Waals surface area (Å²) in [5, 5.41) is 19.4.